The highest BCUT2D eigenvalue weighted by atomic mass is 32.8. The second kappa shape index (κ2) is 5.09. The van der Waals surface area contributed by atoms with Crippen molar-refractivity contribution in [3.05, 3.63) is 49.1 Å². The monoisotopic (exact) mass is 284 g/mol. The van der Waals surface area contributed by atoms with Gasteiger partial charge in [0.1, 0.15) is 0 Å². The molecule has 0 N–H and O–H groups in total. The number of rotatable bonds is 0. The topological polar surface area (TPSA) is 9.86 Å². The van der Waals surface area contributed by atoms with Crippen LogP contribution in [0.25, 0.3) is 0 Å². The largest absolute Gasteiger partial charge is 0.309 e. The molecule has 0 aliphatic rings. The van der Waals surface area contributed by atoms with Crippen molar-refractivity contribution in [3.8, 4) is 0 Å². The Morgan fingerprint density at radius 1 is 0.750 bits per heavy atom. The molecule has 0 aliphatic carbocycles. The summed E-state index contributed by atoms with van der Waals surface area (Å²) in [5.41, 5.74) is 0. The summed E-state index contributed by atoms with van der Waals surface area (Å²) < 4.78 is 5.00. The number of aromatic nitrogens is 2. The molecule has 2 aromatic heterocycles. The molecule has 0 fully saturated rings. The Bertz CT molecular complexity index is 477. The predicted octanol–water partition coefficient (Wildman–Crippen LogP) is 2.34. The lowest BCUT2D eigenvalue weighted by molar-refractivity contribution is 1.21. The first-order chi connectivity index (χ1) is 7.70. The van der Waals surface area contributed by atoms with Crippen LogP contribution in [0.2, 0.25) is 0 Å². The van der Waals surface area contributed by atoms with E-state index < -0.39 is 9.45 Å². The molecule has 0 radical (unpaired) electrons. The van der Waals surface area contributed by atoms with Gasteiger partial charge in [-0.05, 0) is 44.9 Å². The van der Waals surface area contributed by atoms with Gasteiger partial charge >= 0.3 is 0 Å². The summed E-state index contributed by atoms with van der Waals surface area (Å²) in [7, 11) is -0.646. The van der Waals surface area contributed by atoms with E-state index in [0.717, 1.165) is 0 Å². The van der Waals surface area contributed by atoms with Crippen molar-refractivity contribution in [2.75, 3.05) is 0 Å². The van der Waals surface area contributed by atoms with E-state index in [2.05, 4.69) is 0 Å². The normalized spacial score (nSPS) is 10.6. The van der Waals surface area contributed by atoms with Gasteiger partial charge in [-0.15, -0.1) is 0 Å². The minimum Gasteiger partial charge on any atom is -0.309 e. The van der Waals surface area contributed by atoms with Crippen LogP contribution in [0.3, 0.4) is 0 Å². The van der Waals surface area contributed by atoms with Gasteiger partial charge in [0.25, 0.3) is 0 Å². The van der Waals surface area contributed by atoms with Gasteiger partial charge in [-0.25, -0.2) is 0 Å². The lowest BCUT2D eigenvalue weighted by Gasteiger charge is -2.10. The number of thiocarbonyl (C=S) groups is 2. The zero-order chi connectivity index (χ0) is 11.5. The highest BCUT2D eigenvalue weighted by Crippen LogP contribution is 2.03. The van der Waals surface area contributed by atoms with E-state index in [1.165, 1.54) is 0 Å². The SMILES string of the molecule is S=C(n1cccc1)S(=S)C(=S)n1cccc1. The molecule has 6 heteroatoms. The molecule has 0 unspecified atom stereocenters. The van der Waals surface area contributed by atoms with E-state index in [1.807, 2.05) is 58.2 Å². The van der Waals surface area contributed by atoms with E-state index in [0.29, 0.717) is 8.64 Å². The van der Waals surface area contributed by atoms with Gasteiger partial charge in [-0.2, -0.15) is 0 Å². The second-order valence-corrected chi connectivity index (χ2v) is 6.58. The first-order valence-corrected chi connectivity index (χ1v) is 7.43. The predicted molar refractivity (Wildman–Crippen MR) is 79.6 cm³/mol. The lowest BCUT2D eigenvalue weighted by Crippen LogP contribution is -2.23. The molecule has 2 rings (SSSR count). The van der Waals surface area contributed by atoms with Crippen LogP contribution >= 0.6 is 24.4 Å². The van der Waals surface area contributed by atoms with Crippen LogP contribution < -0.4 is 0 Å². The second-order valence-electron chi connectivity index (χ2n) is 2.98. The Labute approximate surface area is 111 Å². The fraction of sp³-hybridized carbons (Fsp3) is 0. The first kappa shape index (κ1) is 11.8. The fourth-order valence-corrected chi connectivity index (χ4v) is 3.35. The van der Waals surface area contributed by atoms with E-state index in [-0.39, 0.29) is 0 Å². The van der Waals surface area contributed by atoms with Crippen LogP contribution in [0.1, 0.15) is 0 Å². The third kappa shape index (κ3) is 2.35. The van der Waals surface area contributed by atoms with Crippen molar-refractivity contribution >= 4 is 53.7 Å². The van der Waals surface area contributed by atoms with Crippen molar-refractivity contribution < 1.29 is 0 Å². The van der Waals surface area contributed by atoms with Gasteiger partial charge in [0, 0.05) is 24.8 Å². The molecule has 0 aliphatic heterocycles. The molecule has 0 spiro atoms. The maximum absolute atomic E-state index is 5.38. The van der Waals surface area contributed by atoms with Gasteiger partial charge in [0.15, 0.2) is 8.64 Å². The van der Waals surface area contributed by atoms with Crippen LogP contribution in [0, 0.1) is 0 Å². The molecular weight excluding hydrogens is 276 g/mol. The highest BCUT2D eigenvalue weighted by Gasteiger charge is 2.11. The van der Waals surface area contributed by atoms with Crippen molar-refractivity contribution in [2.24, 2.45) is 0 Å². The average molecular weight is 284 g/mol. The molecule has 0 bridgehead atoms. The number of hydrogen-bond acceptors (Lipinski definition) is 3. The molecule has 2 nitrogen and oxygen atoms in total. The number of hydrogen-bond donors (Lipinski definition) is 0. The molecule has 16 heavy (non-hydrogen) atoms. The Balaban J connectivity index is 2.21. The van der Waals surface area contributed by atoms with Gasteiger partial charge in [0.05, 0.1) is 0 Å². The van der Waals surface area contributed by atoms with Gasteiger partial charge < -0.3 is 9.13 Å². The third-order valence-electron chi connectivity index (χ3n) is 1.95. The smallest absolute Gasteiger partial charge is 0.155 e. The molecular formula is C10H8N2S4. The lowest BCUT2D eigenvalue weighted by atomic mass is 10.7. The fourth-order valence-electron chi connectivity index (χ4n) is 1.18. The van der Waals surface area contributed by atoms with E-state index in [1.54, 1.807) is 0 Å². The summed E-state index contributed by atoms with van der Waals surface area (Å²) in [5.74, 6) is 0. The maximum Gasteiger partial charge on any atom is 0.155 e. The Hall–Kier alpha value is -0.690. The highest BCUT2D eigenvalue weighted by molar-refractivity contribution is 8.52. The molecule has 0 aromatic carbocycles. The molecule has 0 atom stereocenters. The van der Waals surface area contributed by atoms with Crippen molar-refractivity contribution in [3.63, 3.8) is 0 Å². The molecule has 0 amide bonds. The summed E-state index contributed by atoms with van der Waals surface area (Å²) in [6, 6.07) is 7.66. The quantitative estimate of drug-likeness (QED) is 0.688. The van der Waals surface area contributed by atoms with E-state index >= 15 is 0 Å². The van der Waals surface area contributed by atoms with E-state index in [4.69, 9.17) is 35.6 Å². The van der Waals surface area contributed by atoms with Gasteiger partial charge in [-0.1, -0.05) is 24.4 Å². The molecule has 2 heterocycles. The minimum absolute atomic E-state index is 0.646. The zero-order valence-corrected chi connectivity index (χ0v) is 11.4. The summed E-state index contributed by atoms with van der Waals surface area (Å²) >= 11 is 16.0. The Morgan fingerprint density at radius 2 is 1.06 bits per heavy atom. The summed E-state index contributed by atoms with van der Waals surface area (Å²) in [5, 5.41) is 0. The van der Waals surface area contributed by atoms with Crippen LogP contribution in [-0.2, 0) is 20.6 Å². The maximum atomic E-state index is 5.38. The van der Waals surface area contributed by atoms with Gasteiger partial charge in [0.2, 0.25) is 0 Å². The van der Waals surface area contributed by atoms with Crippen LogP contribution in [-0.4, -0.2) is 17.8 Å². The summed E-state index contributed by atoms with van der Waals surface area (Å²) in [4.78, 5) is 0. The van der Waals surface area contributed by atoms with Crippen molar-refractivity contribution in [1.29, 1.82) is 0 Å². The number of nitrogens with zero attached hydrogens (tertiary/aromatic N) is 2. The molecule has 82 valence electrons. The Morgan fingerprint density at radius 3 is 1.38 bits per heavy atom. The molecule has 0 saturated heterocycles. The molecule has 2 aromatic rings. The first-order valence-electron chi connectivity index (χ1n) is 4.46. The van der Waals surface area contributed by atoms with Crippen LogP contribution in [0.5, 0.6) is 0 Å². The molecule has 0 saturated carbocycles. The summed E-state index contributed by atoms with van der Waals surface area (Å²) in [6.45, 7) is 0. The van der Waals surface area contributed by atoms with Crippen LogP contribution in [0.4, 0.5) is 0 Å². The summed E-state index contributed by atoms with van der Waals surface area (Å²) in [6.07, 6.45) is 7.53. The van der Waals surface area contributed by atoms with Crippen molar-refractivity contribution in [1.82, 2.24) is 9.13 Å². The minimum atomic E-state index is -0.646. The average Bonchev–Trinajstić information content (AvgIpc) is 2.97. The zero-order valence-electron chi connectivity index (χ0n) is 8.15. The van der Waals surface area contributed by atoms with E-state index in [9.17, 15) is 0 Å². The van der Waals surface area contributed by atoms with Crippen molar-refractivity contribution in [2.45, 2.75) is 0 Å². The van der Waals surface area contributed by atoms with Gasteiger partial charge in [-0.3, -0.25) is 0 Å². The Kier molecular flexibility index (Phi) is 3.75. The van der Waals surface area contributed by atoms with Crippen LogP contribution in [0.15, 0.2) is 49.1 Å². The third-order valence-corrected chi connectivity index (χ3v) is 6.01. The standard InChI is InChI=1S/C10H8N2S4/c13-9(11-5-1-2-6-11)16(15)10(14)12-7-3-4-8-12/h1-8H.